The van der Waals surface area contributed by atoms with Crippen LogP contribution in [0.15, 0.2) is 25.3 Å². The van der Waals surface area contributed by atoms with Crippen LogP contribution in [0, 0.1) is 0 Å². The van der Waals surface area contributed by atoms with E-state index in [9.17, 15) is 4.79 Å². The maximum absolute atomic E-state index is 10.4. The molecule has 5 nitrogen and oxygen atoms in total. The van der Waals surface area contributed by atoms with Crippen molar-refractivity contribution >= 4 is 17.6 Å². The summed E-state index contributed by atoms with van der Waals surface area (Å²) in [5.41, 5.74) is 5.18. The molecule has 0 aromatic rings. The molecule has 0 aromatic carbocycles. The molecule has 0 bridgehead atoms. The van der Waals surface area contributed by atoms with Crippen LogP contribution in [0.1, 0.15) is 13.8 Å². The van der Waals surface area contributed by atoms with E-state index in [1.54, 1.807) is 6.08 Å². The molecule has 0 saturated heterocycles. The lowest BCUT2D eigenvalue weighted by Gasteiger charge is -2.07. The van der Waals surface area contributed by atoms with E-state index in [1.165, 1.54) is 6.38 Å². The molecule has 0 atom stereocenters. The number of hydrogen-bond acceptors (Lipinski definition) is 4. The van der Waals surface area contributed by atoms with Gasteiger partial charge >= 0.3 is 5.97 Å². The van der Waals surface area contributed by atoms with E-state index in [0.717, 1.165) is 32.3 Å². The first-order valence-electron chi connectivity index (χ1n) is 6.90. The number of likely N-dealkylation sites (N-methyl/N-ethyl adjacent to an activating group) is 2. The van der Waals surface area contributed by atoms with Gasteiger partial charge in [-0.3, -0.25) is 0 Å². The Hall–Kier alpha value is -0.590. The number of hydrogen-bond donors (Lipinski definition) is 2. The predicted molar refractivity (Wildman–Crippen MR) is 93.7 cm³/mol. The lowest BCUT2D eigenvalue weighted by atomic mass is 10.6. The van der Waals surface area contributed by atoms with Crippen molar-refractivity contribution in [1.29, 1.82) is 0 Å². The highest BCUT2D eigenvalue weighted by Crippen LogP contribution is 1.80. The summed E-state index contributed by atoms with van der Waals surface area (Å²) in [7, 11) is 3.84. The zero-order valence-corrected chi connectivity index (χ0v) is 16.3. The summed E-state index contributed by atoms with van der Waals surface area (Å²) in [5, 5.41) is 2.18. The van der Waals surface area contributed by atoms with Crippen LogP contribution in [0.25, 0.3) is 0 Å². The number of rotatable bonds is 7. The summed E-state index contributed by atoms with van der Waals surface area (Å²) in [6.07, 6.45) is 4.38. The van der Waals surface area contributed by atoms with E-state index in [1.807, 2.05) is 25.9 Å². The van der Waals surface area contributed by atoms with Crippen molar-refractivity contribution in [3.63, 3.8) is 0 Å². The summed E-state index contributed by atoms with van der Waals surface area (Å²) >= 11 is 4.64. The maximum Gasteiger partial charge on any atom is 0.330 e. The molecule has 0 aliphatic carbocycles. The Morgan fingerprint density at radius 3 is 2.05 bits per heavy atom. The molecule has 0 amide bonds. The molecule has 0 saturated carbocycles. The SMILES string of the molecule is C=CC.C=CC(=O)OCCN(C)C.CC[NH2+]CCN.CCl.[Cl-]. The van der Waals surface area contributed by atoms with Gasteiger partial charge in [-0.2, -0.15) is 0 Å². The molecule has 0 heterocycles. The molecule has 0 aliphatic rings. The molecule has 7 heteroatoms. The smallest absolute Gasteiger partial charge is 0.330 e. The van der Waals surface area contributed by atoms with Gasteiger partial charge in [0.15, 0.2) is 0 Å². The van der Waals surface area contributed by atoms with Gasteiger partial charge in [0.1, 0.15) is 6.61 Å². The zero-order chi connectivity index (χ0) is 17.5. The van der Waals surface area contributed by atoms with Gasteiger partial charge in [-0.1, -0.05) is 12.7 Å². The molecule has 0 radical (unpaired) electrons. The second kappa shape index (κ2) is 37.0. The van der Waals surface area contributed by atoms with Gasteiger partial charge in [0.05, 0.1) is 13.1 Å². The molecule has 22 heavy (non-hydrogen) atoms. The van der Waals surface area contributed by atoms with Crippen molar-refractivity contribution in [1.82, 2.24) is 4.90 Å². The third-order valence-electron chi connectivity index (χ3n) is 1.61. The Bertz CT molecular complexity index is 213. The van der Waals surface area contributed by atoms with Crippen LogP contribution in [0.4, 0.5) is 0 Å². The Morgan fingerprint density at radius 2 is 1.82 bits per heavy atom. The van der Waals surface area contributed by atoms with Gasteiger partial charge in [0.25, 0.3) is 0 Å². The fourth-order valence-corrected chi connectivity index (χ4v) is 0.710. The molecule has 0 unspecified atom stereocenters. The van der Waals surface area contributed by atoms with Crippen LogP contribution >= 0.6 is 11.6 Å². The van der Waals surface area contributed by atoms with Crippen LogP contribution in [0.3, 0.4) is 0 Å². The first kappa shape index (κ1) is 33.1. The number of carbonyl (C=O) groups is 1. The second-order valence-corrected chi connectivity index (χ2v) is 3.86. The average molecular weight is 360 g/mol. The predicted octanol–water partition coefficient (Wildman–Crippen LogP) is -2.14. The Labute approximate surface area is 148 Å². The lowest BCUT2D eigenvalue weighted by Crippen LogP contribution is -3.00. The minimum atomic E-state index is -0.359. The fourth-order valence-electron chi connectivity index (χ4n) is 0.710. The van der Waals surface area contributed by atoms with Gasteiger partial charge in [-0.15, -0.1) is 18.2 Å². The lowest BCUT2D eigenvalue weighted by molar-refractivity contribution is -0.649. The number of ether oxygens (including phenoxy) is 1. The van der Waals surface area contributed by atoms with Crippen molar-refractivity contribution in [2.24, 2.45) is 5.73 Å². The highest BCUT2D eigenvalue weighted by atomic mass is 35.5. The minimum Gasteiger partial charge on any atom is -1.00 e. The third-order valence-corrected chi connectivity index (χ3v) is 1.61. The largest absolute Gasteiger partial charge is 1.00 e. The van der Waals surface area contributed by atoms with E-state index < -0.39 is 0 Å². The first-order valence-corrected chi connectivity index (χ1v) is 7.66. The summed E-state index contributed by atoms with van der Waals surface area (Å²) in [6.45, 7) is 14.8. The van der Waals surface area contributed by atoms with Gasteiger partial charge in [-0.25, -0.2) is 4.79 Å². The Balaban J connectivity index is -0.0000000690. The van der Waals surface area contributed by atoms with Crippen LogP contribution in [0.2, 0.25) is 0 Å². The highest BCUT2D eigenvalue weighted by molar-refractivity contribution is 6.15. The van der Waals surface area contributed by atoms with Crippen molar-refractivity contribution in [3.8, 4) is 0 Å². The van der Waals surface area contributed by atoms with E-state index in [-0.39, 0.29) is 18.4 Å². The zero-order valence-electron chi connectivity index (χ0n) is 14.8. The van der Waals surface area contributed by atoms with E-state index in [4.69, 9.17) is 10.5 Å². The van der Waals surface area contributed by atoms with Crippen molar-refractivity contribution in [3.05, 3.63) is 25.3 Å². The second-order valence-electron chi connectivity index (χ2n) is 3.86. The number of nitrogens with zero attached hydrogens (tertiary/aromatic N) is 1. The van der Waals surface area contributed by atoms with Gasteiger partial charge in [0.2, 0.25) is 0 Å². The number of halogens is 2. The topological polar surface area (TPSA) is 72.2 Å². The molecule has 0 fully saturated rings. The summed E-state index contributed by atoms with van der Waals surface area (Å²) in [5.74, 6) is -0.359. The number of esters is 1. The summed E-state index contributed by atoms with van der Waals surface area (Å²) < 4.78 is 4.70. The van der Waals surface area contributed by atoms with Gasteiger partial charge in [-0.05, 0) is 27.9 Å². The molecule has 0 spiro atoms. The van der Waals surface area contributed by atoms with Crippen molar-refractivity contribution in [2.75, 3.05) is 53.3 Å². The van der Waals surface area contributed by atoms with Crippen LogP contribution < -0.4 is 23.5 Å². The Kier molecular flexibility index (Phi) is 55.7. The molecule has 0 aliphatic heterocycles. The highest BCUT2D eigenvalue weighted by Gasteiger charge is 1.94. The standard InChI is InChI=1S/C7H13NO2.C4H12N2.C3H6.CH3Cl.ClH/c1-4-7(9)10-6-5-8(2)3;1-2-6-4-3-5;1-3-2;1-2;/h4H,1,5-6H2,2-3H3;6H,2-5H2,1H3;3H,1H2,2H3;1H3;1H. The van der Waals surface area contributed by atoms with Gasteiger partial charge in [0, 0.05) is 25.5 Å². The monoisotopic (exact) mass is 359 g/mol. The molecular weight excluding hydrogens is 325 g/mol. The average Bonchev–Trinajstić information content (AvgIpc) is 2.48. The molecule has 0 rings (SSSR count). The minimum absolute atomic E-state index is 0. The number of allylic oxidation sites excluding steroid dienone is 1. The Morgan fingerprint density at radius 1 is 1.36 bits per heavy atom. The van der Waals surface area contributed by atoms with Crippen LogP contribution in [0.5, 0.6) is 0 Å². The number of carbonyl (C=O) groups excluding carboxylic acids is 1. The van der Waals surface area contributed by atoms with Crippen LogP contribution in [-0.2, 0) is 9.53 Å². The molecule has 0 aromatic heterocycles. The summed E-state index contributed by atoms with van der Waals surface area (Å²) in [4.78, 5) is 12.4. The van der Waals surface area contributed by atoms with Crippen LogP contribution in [-0.4, -0.2) is 64.1 Å². The number of quaternary nitrogens is 1. The number of alkyl halides is 1. The van der Waals surface area contributed by atoms with E-state index >= 15 is 0 Å². The summed E-state index contributed by atoms with van der Waals surface area (Å²) in [6, 6.07) is 0. The first-order chi connectivity index (χ1) is 9.99. The van der Waals surface area contributed by atoms with Crippen molar-refractivity contribution < 1.29 is 27.3 Å². The number of nitrogens with two attached hydrogens (primary N) is 2. The maximum atomic E-state index is 10.4. The molecule has 4 N–H and O–H groups in total. The van der Waals surface area contributed by atoms with E-state index in [0.29, 0.717) is 6.61 Å². The third kappa shape index (κ3) is 60.7. The van der Waals surface area contributed by atoms with Crippen molar-refractivity contribution in [2.45, 2.75) is 13.8 Å². The quantitative estimate of drug-likeness (QED) is 0.179. The normalized spacial score (nSPS) is 7.64. The molecular formula is C15H35Cl2N3O2. The molecule has 136 valence electrons. The van der Waals surface area contributed by atoms with Gasteiger partial charge < -0.3 is 33.1 Å². The fraction of sp³-hybridized carbons (Fsp3) is 0.667. The van der Waals surface area contributed by atoms with E-state index in [2.05, 4.69) is 37.0 Å².